The number of aromatic nitrogens is 3. The summed E-state index contributed by atoms with van der Waals surface area (Å²) in [6, 6.07) is 6.62. The minimum atomic E-state index is 0.375. The lowest BCUT2D eigenvalue weighted by Gasteiger charge is -2.26. The van der Waals surface area contributed by atoms with Crippen molar-refractivity contribution in [2.24, 2.45) is 5.92 Å². The van der Waals surface area contributed by atoms with Crippen LogP contribution < -0.4 is 10.2 Å². The SMILES string of the molecule is c1cncc(C2CCCN2c2cc(NCC3CC3)ncn2)c1. The summed E-state index contributed by atoms with van der Waals surface area (Å²) in [7, 11) is 0. The highest BCUT2D eigenvalue weighted by molar-refractivity contribution is 5.51. The van der Waals surface area contributed by atoms with Gasteiger partial charge in [0.15, 0.2) is 0 Å². The molecule has 1 N–H and O–H groups in total. The third-order valence-corrected chi connectivity index (χ3v) is 4.54. The van der Waals surface area contributed by atoms with Gasteiger partial charge in [0, 0.05) is 31.5 Å². The molecule has 1 aliphatic carbocycles. The van der Waals surface area contributed by atoms with E-state index in [-0.39, 0.29) is 0 Å². The summed E-state index contributed by atoms with van der Waals surface area (Å²) in [4.78, 5) is 15.5. The Hall–Kier alpha value is -2.17. The second kappa shape index (κ2) is 5.91. The predicted octanol–water partition coefficient (Wildman–Crippen LogP) is 3.04. The molecule has 2 aromatic heterocycles. The van der Waals surface area contributed by atoms with Crippen LogP contribution in [-0.4, -0.2) is 28.0 Å². The van der Waals surface area contributed by atoms with Crippen molar-refractivity contribution in [1.29, 1.82) is 0 Å². The third kappa shape index (κ3) is 2.89. The van der Waals surface area contributed by atoms with E-state index in [1.807, 2.05) is 18.5 Å². The van der Waals surface area contributed by atoms with Crippen LogP contribution in [0.1, 0.15) is 37.3 Å². The molecule has 2 aliphatic rings. The Labute approximate surface area is 130 Å². The van der Waals surface area contributed by atoms with Crippen LogP contribution in [0.25, 0.3) is 0 Å². The van der Waals surface area contributed by atoms with Gasteiger partial charge in [-0.25, -0.2) is 9.97 Å². The number of anilines is 2. The Balaban J connectivity index is 1.53. The summed E-state index contributed by atoms with van der Waals surface area (Å²) in [5.41, 5.74) is 1.27. The van der Waals surface area contributed by atoms with Crippen LogP contribution in [0.5, 0.6) is 0 Å². The molecule has 1 saturated carbocycles. The van der Waals surface area contributed by atoms with Crippen molar-refractivity contribution in [2.75, 3.05) is 23.3 Å². The number of rotatable bonds is 5. The zero-order chi connectivity index (χ0) is 14.8. The maximum Gasteiger partial charge on any atom is 0.134 e. The topological polar surface area (TPSA) is 53.9 Å². The Bertz CT molecular complexity index is 626. The molecule has 1 atom stereocenters. The lowest BCUT2D eigenvalue weighted by molar-refractivity contribution is 0.707. The molecule has 1 aliphatic heterocycles. The monoisotopic (exact) mass is 295 g/mol. The molecule has 3 heterocycles. The van der Waals surface area contributed by atoms with E-state index in [1.54, 1.807) is 6.33 Å². The van der Waals surface area contributed by atoms with Gasteiger partial charge in [-0.3, -0.25) is 4.98 Å². The smallest absolute Gasteiger partial charge is 0.134 e. The number of hydrogen-bond acceptors (Lipinski definition) is 5. The first-order valence-electron chi connectivity index (χ1n) is 8.12. The lowest BCUT2D eigenvalue weighted by Crippen LogP contribution is -2.24. The summed E-state index contributed by atoms with van der Waals surface area (Å²) in [6.45, 7) is 2.07. The van der Waals surface area contributed by atoms with Crippen molar-refractivity contribution < 1.29 is 0 Å². The zero-order valence-corrected chi connectivity index (χ0v) is 12.7. The maximum atomic E-state index is 4.49. The van der Waals surface area contributed by atoms with Crippen molar-refractivity contribution in [1.82, 2.24) is 15.0 Å². The average molecular weight is 295 g/mol. The molecule has 2 fully saturated rings. The first-order valence-corrected chi connectivity index (χ1v) is 8.12. The maximum absolute atomic E-state index is 4.49. The van der Waals surface area contributed by atoms with Crippen molar-refractivity contribution in [2.45, 2.75) is 31.7 Å². The molecule has 2 aromatic rings. The summed E-state index contributed by atoms with van der Waals surface area (Å²) < 4.78 is 0. The largest absolute Gasteiger partial charge is 0.370 e. The Morgan fingerprint density at radius 2 is 2.18 bits per heavy atom. The summed E-state index contributed by atoms with van der Waals surface area (Å²) in [5, 5.41) is 3.43. The third-order valence-electron chi connectivity index (χ3n) is 4.54. The molecule has 22 heavy (non-hydrogen) atoms. The summed E-state index contributed by atoms with van der Waals surface area (Å²) in [6.07, 6.45) is 10.5. The highest BCUT2D eigenvalue weighted by Gasteiger charge is 2.27. The lowest BCUT2D eigenvalue weighted by atomic mass is 10.1. The van der Waals surface area contributed by atoms with E-state index < -0.39 is 0 Å². The fourth-order valence-corrected chi connectivity index (χ4v) is 3.13. The van der Waals surface area contributed by atoms with E-state index in [0.29, 0.717) is 6.04 Å². The molecular formula is C17H21N5. The minimum absolute atomic E-state index is 0.375. The minimum Gasteiger partial charge on any atom is -0.370 e. The van der Waals surface area contributed by atoms with Gasteiger partial charge < -0.3 is 10.2 Å². The molecule has 5 nitrogen and oxygen atoms in total. The van der Waals surface area contributed by atoms with E-state index in [4.69, 9.17) is 0 Å². The normalized spacial score (nSPS) is 21.1. The van der Waals surface area contributed by atoms with E-state index in [0.717, 1.165) is 37.1 Å². The Morgan fingerprint density at radius 3 is 3.00 bits per heavy atom. The quantitative estimate of drug-likeness (QED) is 0.919. The van der Waals surface area contributed by atoms with Gasteiger partial charge in [-0.1, -0.05) is 6.07 Å². The fraction of sp³-hybridized carbons (Fsp3) is 0.471. The van der Waals surface area contributed by atoms with E-state index in [1.165, 1.54) is 24.8 Å². The number of nitrogens with one attached hydrogen (secondary N) is 1. The van der Waals surface area contributed by atoms with E-state index in [2.05, 4.69) is 37.3 Å². The molecule has 0 aromatic carbocycles. The first-order chi connectivity index (χ1) is 10.9. The predicted molar refractivity (Wildman–Crippen MR) is 86.8 cm³/mol. The van der Waals surface area contributed by atoms with E-state index in [9.17, 15) is 0 Å². The second-order valence-electron chi connectivity index (χ2n) is 6.22. The molecule has 114 valence electrons. The molecular weight excluding hydrogens is 274 g/mol. The van der Waals surface area contributed by atoms with Crippen LogP contribution in [0.2, 0.25) is 0 Å². The van der Waals surface area contributed by atoms with E-state index >= 15 is 0 Å². The molecule has 0 radical (unpaired) electrons. The number of nitrogens with zero attached hydrogens (tertiary/aromatic N) is 4. The van der Waals surface area contributed by atoms with Gasteiger partial charge >= 0.3 is 0 Å². The van der Waals surface area contributed by atoms with Gasteiger partial charge in [-0.15, -0.1) is 0 Å². The summed E-state index contributed by atoms with van der Waals surface area (Å²) in [5.74, 6) is 2.79. The van der Waals surface area contributed by atoms with Crippen LogP contribution in [0.3, 0.4) is 0 Å². The van der Waals surface area contributed by atoms with Crippen molar-refractivity contribution in [3.05, 3.63) is 42.5 Å². The highest BCUT2D eigenvalue weighted by Crippen LogP contribution is 2.35. The average Bonchev–Trinajstić information content (AvgIpc) is 3.28. The molecule has 0 amide bonds. The summed E-state index contributed by atoms with van der Waals surface area (Å²) >= 11 is 0. The van der Waals surface area contributed by atoms with Crippen LogP contribution in [0, 0.1) is 5.92 Å². The first kappa shape index (κ1) is 13.5. The molecule has 1 saturated heterocycles. The van der Waals surface area contributed by atoms with Crippen LogP contribution >= 0.6 is 0 Å². The standard InChI is InChI=1S/C17H21N5/c1-3-14(11-18-7-1)15-4-2-8-22(15)17-9-16(20-12-21-17)19-10-13-5-6-13/h1,3,7,9,11-13,15H,2,4-6,8,10H2,(H,19,20,21). The molecule has 5 heteroatoms. The van der Waals surface area contributed by atoms with Gasteiger partial charge in [0.1, 0.15) is 18.0 Å². The fourth-order valence-electron chi connectivity index (χ4n) is 3.13. The number of pyridine rings is 1. The van der Waals surface area contributed by atoms with Gasteiger partial charge in [-0.2, -0.15) is 0 Å². The highest BCUT2D eigenvalue weighted by atomic mass is 15.2. The Morgan fingerprint density at radius 1 is 1.23 bits per heavy atom. The molecule has 0 bridgehead atoms. The van der Waals surface area contributed by atoms with Gasteiger partial charge in [-0.05, 0) is 43.2 Å². The molecule has 1 unspecified atom stereocenters. The zero-order valence-electron chi connectivity index (χ0n) is 12.7. The second-order valence-corrected chi connectivity index (χ2v) is 6.22. The van der Waals surface area contributed by atoms with Gasteiger partial charge in [0.05, 0.1) is 6.04 Å². The van der Waals surface area contributed by atoms with Crippen molar-refractivity contribution >= 4 is 11.6 Å². The van der Waals surface area contributed by atoms with Crippen LogP contribution in [0.15, 0.2) is 36.9 Å². The van der Waals surface area contributed by atoms with Gasteiger partial charge in [0.2, 0.25) is 0 Å². The molecule has 4 rings (SSSR count). The Kier molecular flexibility index (Phi) is 3.62. The molecule has 0 spiro atoms. The number of hydrogen-bond donors (Lipinski definition) is 1. The van der Waals surface area contributed by atoms with Crippen molar-refractivity contribution in [3.63, 3.8) is 0 Å². The van der Waals surface area contributed by atoms with Gasteiger partial charge in [0.25, 0.3) is 0 Å². The van der Waals surface area contributed by atoms with Crippen LogP contribution in [0.4, 0.5) is 11.6 Å². The van der Waals surface area contributed by atoms with Crippen molar-refractivity contribution in [3.8, 4) is 0 Å². The van der Waals surface area contributed by atoms with Crippen LogP contribution in [-0.2, 0) is 0 Å².